The van der Waals surface area contributed by atoms with E-state index in [1.807, 2.05) is 30.3 Å². The van der Waals surface area contributed by atoms with Gasteiger partial charge in [0.15, 0.2) is 11.5 Å². The Hall–Kier alpha value is -1.17. The molecule has 0 fully saturated rings. The largest absolute Gasteiger partial charge is 0.493 e. The van der Waals surface area contributed by atoms with Gasteiger partial charge in [-0.2, -0.15) is 11.8 Å². The maximum atomic E-state index is 9.70. The Balaban J connectivity index is 2.11. The number of hydrogen-bond donors (Lipinski definition) is 2. The molecule has 5 heteroatoms. The molecule has 20 heavy (non-hydrogen) atoms. The highest BCUT2D eigenvalue weighted by molar-refractivity contribution is 7.99. The Morgan fingerprint density at radius 2 is 2.15 bits per heavy atom. The van der Waals surface area contributed by atoms with Crippen LogP contribution in [0.15, 0.2) is 36.9 Å². The van der Waals surface area contributed by atoms with E-state index in [-0.39, 0.29) is 6.10 Å². The van der Waals surface area contributed by atoms with Crippen molar-refractivity contribution in [2.24, 2.45) is 0 Å². The van der Waals surface area contributed by atoms with Crippen molar-refractivity contribution in [1.82, 2.24) is 5.32 Å². The van der Waals surface area contributed by atoms with Crippen LogP contribution in [0.4, 0.5) is 0 Å². The highest BCUT2D eigenvalue weighted by Gasteiger charge is 2.04. The average molecular weight is 297 g/mol. The normalized spacial score (nSPS) is 11.9. The summed E-state index contributed by atoms with van der Waals surface area (Å²) in [5.41, 5.74) is 0. The van der Waals surface area contributed by atoms with E-state index in [4.69, 9.17) is 9.47 Å². The lowest BCUT2D eigenvalue weighted by molar-refractivity contribution is 0.192. The average Bonchev–Trinajstić information content (AvgIpc) is 2.47. The molecule has 0 aliphatic heterocycles. The summed E-state index contributed by atoms with van der Waals surface area (Å²) < 4.78 is 10.8. The molecule has 0 heterocycles. The number of hydrogen-bond acceptors (Lipinski definition) is 5. The molecule has 0 spiro atoms. The van der Waals surface area contributed by atoms with E-state index in [1.165, 1.54) is 0 Å². The first-order chi connectivity index (χ1) is 9.77. The van der Waals surface area contributed by atoms with Crippen LogP contribution >= 0.6 is 11.8 Å². The summed E-state index contributed by atoms with van der Waals surface area (Å²) in [5, 5.41) is 12.9. The molecule has 0 aliphatic rings. The van der Waals surface area contributed by atoms with Gasteiger partial charge in [0.25, 0.3) is 0 Å². The van der Waals surface area contributed by atoms with Crippen LogP contribution in [0.3, 0.4) is 0 Å². The van der Waals surface area contributed by atoms with Crippen LogP contribution < -0.4 is 14.8 Å². The monoisotopic (exact) mass is 297 g/mol. The van der Waals surface area contributed by atoms with Gasteiger partial charge < -0.3 is 19.9 Å². The van der Waals surface area contributed by atoms with Gasteiger partial charge in [0.05, 0.1) is 13.2 Å². The van der Waals surface area contributed by atoms with Crippen LogP contribution in [0.5, 0.6) is 11.5 Å². The number of para-hydroxylation sites is 2. The van der Waals surface area contributed by atoms with Crippen LogP contribution in [-0.2, 0) is 0 Å². The molecular formula is C15H23NO3S. The molecule has 112 valence electrons. The SMILES string of the molecule is C=CCSC[C@H](O)CNCCOc1ccccc1OC. The van der Waals surface area contributed by atoms with E-state index in [0.29, 0.717) is 25.4 Å². The first kappa shape index (κ1) is 16.9. The summed E-state index contributed by atoms with van der Waals surface area (Å²) in [6.45, 7) is 5.43. The fourth-order valence-electron chi connectivity index (χ4n) is 1.59. The minimum Gasteiger partial charge on any atom is -0.493 e. The third kappa shape index (κ3) is 6.84. The molecule has 1 aromatic carbocycles. The molecule has 1 aromatic rings. The van der Waals surface area contributed by atoms with Crippen molar-refractivity contribution < 1.29 is 14.6 Å². The maximum Gasteiger partial charge on any atom is 0.161 e. The third-order valence-electron chi connectivity index (χ3n) is 2.53. The van der Waals surface area contributed by atoms with Crippen molar-refractivity contribution in [2.45, 2.75) is 6.10 Å². The van der Waals surface area contributed by atoms with Gasteiger partial charge >= 0.3 is 0 Å². The van der Waals surface area contributed by atoms with Crippen LogP contribution in [-0.4, -0.2) is 49.5 Å². The van der Waals surface area contributed by atoms with Gasteiger partial charge in [0.2, 0.25) is 0 Å². The Bertz CT molecular complexity index is 387. The molecule has 0 bridgehead atoms. The zero-order chi connectivity index (χ0) is 14.6. The van der Waals surface area contributed by atoms with E-state index in [0.717, 1.165) is 17.3 Å². The van der Waals surface area contributed by atoms with Crippen molar-refractivity contribution in [1.29, 1.82) is 0 Å². The minimum atomic E-state index is -0.341. The van der Waals surface area contributed by atoms with Crippen molar-refractivity contribution >= 4 is 11.8 Å². The summed E-state index contributed by atoms with van der Waals surface area (Å²) >= 11 is 1.67. The molecule has 0 aromatic heterocycles. The number of benzene rings is 1. The van der Waals surface area contributed by atoms with E-state index < -0.39 is 0 Å². The number of thioether (sulfide) groups is 1. The summed E-state index contributed by atoms with van der Waals surface area (Å²) in [6.07, 6.45) is 1.50. The molecule has 2 N–H and O–H groups in total. The molecule has 0 aliphatic carbocycles. The smallest absolute Gasteiger partial charge is 0.161 e. The Kier molecular flexibility index (Phi) is 8.95. The van der Waals surface area contributed by atoms with Gasteiger partial charge in [0.1, 0.15) is 6.61 Å². The highest BCUT2D eigenvalue weighted by atomic mass is 32.2. The van der Waals surface area contributed by atoms with Gasteiger partial charge in [-0.25, -0.2) is 0 Å². The predicted octanol–water partition coefficient (Wildman–Crippen LogP) is 1.94. The molecule has 1 atom stereocenters. The fraction of sp³-hybridized carbons (Fsp3) is 0.467. The Morgan fingerprint density at radius 1 is 1.40 bits per heavy atom. The van der Waals surface area contributed by atoms with E-state index in [1.54, 1.807) is 18.9 Å². The van der Waals surface area contributed by atoms with Gasteiger partial charge in [-0.15, -0.1) is 6.58 Å². The lowest BCUT2D eigenvalue weighted by atomic mass is 10.3. The first-order valence-electron chi connectivity index (χ1n) is 6.61. The Morgan fingerprint density at radius 3 is 2.85 bits per heavy atom. The van der Waals surface area contributed by atoms with Gasteiger partial charge in [-0.3, -0.25) is 0 Å². The van der Waals surface area contributed by atoms with Crippen molar-refractivity contribution in [2.75, 3.05) is 38.3 Å². The highest BCUT2D eigenvalue weighted by Crippen LogP contribution is 2.25. The van der Waals surface area contributed by atoms with E-state index in [2.05, 4.69) is 11.9 Å². The van der Waals surface area contributed by atoms with Crippen LogP contribution in [0.2, 0.25) is 0 Å². The fourth-order valence-corrected chi connectivity index (χ4v) is 2.28. The number of aliphatic hydroxyl groups is 1. The second kappa shape index (κ2) is 10.6. The minimum absolute atomic E-state index is 0.341. The van der Waals surface area contributed by atoms with Crippen LogP contribution in [0.1, 0.15) is 0 Å². The Labute approximate surface area is 125 Å². The lowest BCUT2D eigenvalue weighted by Gasteiger charge is -2.13. The molecule has 0 saturated heterocycles. The zero-order valence-electron chi connectivity index (χ0n) is 11.9. The number of nitrogens with one attached hydrogen (secondary N) is 1. The van der Waals surface area contributed by atoms with E-state index >= 15 is 0 Å². The molecule has 0 saturated carbocycles. The lowest BCUT2D eigenvalue weighted by Crippen LogP contribution is -2.31. The second-order valence-corrected chi connectivity index (χ2v) is 5.26. The first-order valence-corrected chi connectivity index (χ1v) is 7.76. The van der Waals surface area contributed by atoms with Gasteiger partial charge in [-0.1, -0.05) is 18.2 Å². The summed E-state index contributed by atoms with van der Waals surface area (Å²) in [7, 11) is 1.62. The molecule has 0 radical (unpaired) electrons. The number of methoxy groups -OCH3 is 1. The standard InChI is InChI=1S/C15H23NO3S/c1-3-10-20-12-13(17)11-16-8-9-19-15-7-5-4-6-14(15)18-2/h3-7,13,16-17H,1,8-12H2,2H3/t13-/m1/s1. The second-order valence-electron chi connectivity index (χ2n) is 4.18. The molecule has 1 rings (SSSR count). The third-order valence-corrected chi connectivity index (χ3v) is 3.62. The number of aliphatic hydroxyl groups excluding tert-OH is 1. The van der Waals surface area contributed by atoms with Gasteiger partial charge in [-0.05, 0) is 12.1 Å². The summed E-state index contributed by atoms with van der Waals surface area (Å²) in [6, 6.07) is 7.55. The molecule has 4 nitrogen and oxygen atoms in total. The number of rotatable bonds is 11. The van der Waals surface area contributed by atoms with E-state index in [9.17, 15) is 5.11 Å². The molecule has 0 amide bonds. The van der Waals surface area contributed by atoms with Gasteiger partial charge in [0, 0.05) is 24.6 Å². The molecular weight excluding hydrogens is 274 g/mol. The van der Waals surface area contributed by atoms with Crippen molar-refractivity contribution in [3.63, 3.8) is 0 Å². The zero-order valence-corrected chi connectivity index (χ0v) is 12.7. The molecule has 0 unspecified atom stereocenters. The van der Waals surface area contributed by atoms with Crippen molar-refractivity contribution in [3.05, 3.63) is 36.9 Å². The van der Waals surface area contributed by atoms with Crippen molar-refractivity contribution in [3.8, 4) is 11.5 Å². The summed E-state index contributed by atoms with van der Waals surface area (Å²) in [4.78, 5) is 0. The van der Waals surface area contributed by atoms with Crippen LogP contribution in [0, 0.1) is 0 Å². The summed E-state index contributed by atoms with van der Waals surface area (Å²) in [5.74, 6) is 3.05. The predicted molar refractivity (Wildman–Crippen MR) is 84.9 cm³/mol. The number of ether oxygens (including phenoxy) is 2. The van der Waals surface area contributed by atoms with Crippen LogP contribution in [0.25, 0.3) is 0 Å². The maximum absolute atomic E-state index is 9.70. The quantitative estimate of drug-likeness (QED) is 0.483. The topological polar surface area (TPSA) is 50.7 Å².